The number of nitrogens with one attached hydrogen (secondary N) is 1. The number of halogens is 3. The molecule has 2 N–H and O–H groups in total. The highest BCUT2D eigenvalue weighted by Gasteiger charge is 2.30. The van der Waals surface area contributed by atoms with Gasteiger partial charge in [0.2, 0.25) is 0 Å². The van der Waals surface area contributed by atoms with E-state index in [-0.39, 0.29) is 12.2 Å². The average molecular weight is 245 g/mol. The quantitative estimate of drug-likeness (QED) is 0.802. The zero-order valence-corrected chi connectivity index (χ0v) is 9.27. The van der Waals surface area contributed by atoms with Gasteiger partial charge in [-0.1, -0.05) is 12.8 Å². The van der Waals surface area contributed by atoms with Gasteiger partial charge in [-0.25, -0.2) is 13.2 Å². The zero-order chi connectivity index (χ0) is 12.5. The lowest BCUT2D eigenvalue weighted by atomic mass is 10.0. The molecule has 1 aliphatic rings. The van der Waals surface area contributed by atoms with E-state index >= 15 is 0 Å². The van der Waals surface area contributed by atoms with E-state index in [1.165, 1.54) is 0 Å². The molecule has 0 atom stereocenters. The Bertz CT molecular complexity index is 393. The summed E-state index contributed by atoms with van der Waals surface area (Å²) in [6.07, 6.45) is 3.24. The van der Waals surface area contributed by atoms with Gasteiger partial charge in [-0.15, -0.1) is 0 Å². The van der Waals surface area contributed by atoms with Crippen LogP contribution in [0, 0.1) is 17.5 Å². The van der Waals surface area contributed by atoms with Gasteiger partial charge in [0, 0.05) is 24.4 Å². The van der Waals surface area contributed by atoms with Crippen LogP contribution in [0.3, 0.4) is 0 Å². The lowest BCUT2D eigenvalue weighted by molar-refractivity contribution is 0.0614. The molecule has 0 amide bonds. The molecule has 0 spiro atoms. The van der Waals surface area contributed by atoms with Gasteiger partial charge in [0.25, 0.3) is 0 Å². The van der Waals surface area contributed by atoms with Crippen LogP contribution in [0.15, 0.2) is 12.1 Å². The van der Waals surface area contributed by atoms with E-state index < -0.39 is 23.1 Å². The fourth-order valence-corrected chi connectivity index (χ4v) is 2.13. The smallest absolute Gasteiger partial charge is 0.194 e. The molecular formula is C12H14F3NO. The maximum absolute atomic E-state index is 12.9. The summed E-state index contributed by atoms with van der Waals surface area (Å²) in [5, 5.41) is 12.8. The highest BCUT2D eigenvalue weighted by Crippen LogP contribution is 2.29. The van der Waals surface area contributed by atoms with Gasteiger partial charge >= 0.3 is 0 Å². The topological polar surface area (TPSA) is 32.3 Å². The number of hydrogen-bond donors (Lipinski definition) is 2. The van der Waals surface area contributed by atoms with Crippen molar-refractivity contribution >= 4 is 5.69 Å². The second-order valence-electron chi connectivity index (χ2n) is 4.54. The van der Waals surface area contributed by atoms with Crippen molar-refractivity contribution in [3.63, 3.8) is 0 Å². The van der Waals surface area contributed by atoms with Crippen molar-refractivity contribution in [2.24, 2.45) is 0 Å². The second kappa shape index (κ2) is 4.56. The highest BCUT2D eigenvalue weighted by atomic mass is 19.2. The van der Waals surface area contributed by atoms with Crippen LogP contribution in [0.4, 0.5) is 18.9 Å². The maximum Gasteiger partial charge on any atom is 0.194 e. The summed E-state index contributed by atoms with van der Waals surface area (Å²) in [5.74, 6) is -3.94. The number of aliphatic hydroxyl groups is 1. The largest absolute Gasteiger partial charge is 0.388 e. The summed E-state index contributed by atoms with van der Waals surface area (Å²) in [4.78, 5) is 0. The molecule has 1 aliphatic carbocycles. The molecule has 94 valence electrons. The Labute approximate surface area is 97.5 Å². The van der Waals surface area contributed by atoms with Crippen LogP contribution < -0.4 is 5.32 Å². The fraction of sp³-hybridized carbons (Fsp3) is 0.500. The van der Waals surface area contributed by atoms with E-state index in [1.54, 1.807) is 0 Å². The molecule has 0 bridgehead atoms. The van der Waals surface area contributed by atoms with Gasteiger partial charge in [0.05, 0.1) is 5.60 Å². The first-order valence-electron chi connectivity index (χ1n) is 5.61. The van der Waals surface area contributed by atoms with Crippen LogP contribution in [-0.2, 0) is 0 Å². The Hall–Kier alpha value is -1.23. The standard InChI is InChI=1S/C12H14F3NO/c13-9-5-8(6-10(14)11(9)15)16-7-12(17)3-1-2-4-12/h5-6,16-17H,1-4,7H2. The average Bonchev–Trinajstić information content (AvgIpc) is 2.71. The molecule has 17 heavy (non-hydrogen) atoms. The van der Waals surface area contributed by atoms with Crippen LogP contribution in [0.1, 0.15) is 25.7 Å². The van der Waals surface area contributed by atoms with Crippen LogP contribution >= 0.6 is 0 Å². The van der Waals surface area contributed by atoms with Crippen LogP contribution in [0.5, 0.6) is 0 Å². The summed E-state index contributed by atoms with van der Waals surface area (Å²) < 4.78 is 38.5. The molecule has 0 aromatic heterocycles. The van der Waals surface area contributed by atoms with E-state index in [9.17, 15) is 18.3 Å². The first kappa shape index (κ1) is 12.2. The third kappa shape index (κ3) is 2.72. The van der Waals surface area contributed by atoms with Crippen molar-refractivity contribution in [2.75, 3.05) is 11.9 Å². The van der Waals surface area contributed by atoms with E-state index in [4.69, 9.17) is 0 Å². The van der Waals surface area contributed by atoms with Crippen molar-refractivity contribution in [3.05, 3.63) is 29.6 Å². The Balaban J connectivity index is 2.04. The van der Waals surface area contributed by atoms with Gasteiger partial charge in [-0.3, -0.25) is 0 Å². The predicted molar refractivity (Wildman–Crippen MR) is 58.2 cm³/mol. The molecule has 2 nitrogen and oxygen atoms in total. The summed E-state index contributed by atoms with van der Waals surface area (Å²) in [6, 6.07) is 1.77. The molecule has 0 unspecified atom stereocenters. The van der Waals surface area contributed by atoms with E-state index in [0.717, 1.165) is 25.0 Å². The molecule has 1 aromatic carbocycles. The van der Waals surface area contributed by atoms with Crippen LogP contribution in [0.25, 0.3) is 0 Å². The van der Waals surface area contributed by atoms with Gasteiger partial charge < -0.3 is 10.4 Å². The van der Waals surface area contributed by atoms with Crippen molar-refractivity contribution < 1.29 is 18.3 Å². The number of rotatable bonds is 3. The molecule has 1 aromatic rings. The van der Waals surface area contributed by atoms with Crippen LogP contribution in [-0.4, -0.2) is 17.3 Å². The zero-order valence-electron chi connectivity index (χ0n) is 9.27. The van der Waals surface area contributed by atoms with Crippen molar-refractivity contribution in [1.29, 1.82) is 0 Å². The lowest BCUT2D eigenvalue weighted by Gasteiger charge is -2.23. The molecular weight excluding hydrogens is 231 g/mol. The third-order valence-corrected chi connectivity index (χ3v) is 3.14. The van der Waals surface area contributed by atoms with Gasteiger partial charge in [-0.2, -0.15) is 0 Å². The molecule has 1 saturated carbocycles. The SMILES string of the molecule is OC1(CNc2cc(F)c(F)c(F)c2)CCCC1. The van der Waals surface area contributed by atoms with Gasteiger partial charge in [0.15, 0.2) is 17.5 Å². The minimum Gasteiger partial charge on any atom is -0.388 e. The van der Waals surface area contributed by atoms with Gasteiger partial charge in [-0.05, 0) is 12.8 Å². The van der Waals surface area contributed by atoms with Gasteiger partial charge in [0.1, 0.15) is 0 Å². The lowest BCUT2D eigenvalue weighted by Crippen LogP contribution is -2.33. The number of benzene rings is 1. The van der Waals surface area contributed by atoms with E-state index in [2.05, 4.69) is 5.32 Å². The monoisotopic (exact) mass is 245 g/mol. The normalized spacial score (nSPS) is 18.4. The predicted octanol–water partition coefficient (Wildman–Crippen LogP) is 2.82. The molecule has 1 fully saturated rings. The van der Waals surface area contributed by atoms with Crippen molar-refractivity contribution in [2.45, 2.75) is 31.3 Å². The Morgan fingerprint density at radius 2 is 1.65 bits per heavy atom. The van der Waals surface area contributed by atoms with E-state index in [0.29, 0.717) is 12.8 Å². The first-order valence-corrected chi connectivity index (χ1v) is 5.61. The second-order valence-corrected chi connectivity index (χ2v) is 4.54. The molecule has 2 rings (SSSR count). The van der Waals surface area contributed by atoms with Crippen molar-refractivity contribution in [1.82, 2.24) is 0 Å². The minimum absolute atomic E-state index is 0.140. The van der Waals surface area contributed by atoms with Crippen LogP contribution in [0.2, 0.25) is 0 Å². The Morgan fingerprint density at radius 3 is 2.18 bits per heavy atom. The molecule has 5 heteroatoms. The molecule has 0 aliphatic heterocycles. The third-order valence-electron chi connectivity index (χ3n) is 3.14. The van der Waals surface area contributed by atoms with Crippen molar-refractivity contribution in [3.8, 4) is 0 Å². The summed E-state index contributed by atoms with van der Waals surface area (Å²) in [5.41, 5.74) is -0.678. The summed E-state index contributed by atoms with van der Waals surface area (Å²) >= 11 is 0. The summed E-state index contributed by atoms with van der Waals surface area (Å²) in [7, 11) is 0. The molecule has 0 heterocycles. The highest BCUT2D eigenvalue weighted by molar-refractivity contribution is 5.44. The molecule has 0 saturated heterocycles. The Kier molecular flexibility index (Phi) is 3.28. The fourth-order valence-electron chi connectivity index (χ4n) is 2.13. The Morgan fingerprint density at radius 1 is 1.12 bits per heavy atom. The minimum atomic E-state index is -1.48. The maximum atomic E-state index is 12.9. The first-order chi connectivity index (χ1) is 8.00. The number of hydrogen-bond acceptors (Lipinski definition) is 2. The number of anilines is 1. The molecule has 0 radical (unpaired) electrons. The summed E-state index contributed by atoms with van der Waals surface area (Å²) in [6.45, 7) is 0.220. The van der Waals surface area contributed by atoms with E-state index in [1.807, 2.05) is 0 Å².